The van der Waals surface area contributed by atoms with Crippen LogP contribution in [0.1, 0.15) is 12.8 Å². The number of hydrogen-bond acceptors (Lipinski definition) is 5. The number of nitro groups is 1. The van der Waals surface area contributed by atoms with E-state index in [1.54, 1.807) is 0 Å². The first-order chi connectivity index (χ1) is 9.19. The molecule has 1 rings (SSSR count). The van der Waals surface area contributed by atoms with E-state index in [4.69, 9.17) is 5.11 Å². The van der Waals surface area contributed by atoms with Crippen LogP contribution in [-0.2, 0) is 11.3 Å². The minimum atomic E-state index is -4.44. The van der Waals surface area contributed by atoms with Crippen molar-refractivity contribution in [2.45, 2.75) is 25.6 Å². The third kappa shape index (κ3) is 5.12. The van der Waals surface area contributed by atoms with Gasteiger partial charge in [-0.15, -0.1) is 5.10 Å². The highest BCUT2D eigenvalue weighted by Gasteiger charge is 2.28. The summed E-state index contributed by atoms with van der Waals surface area (Å²) >= 11 is 0. The number of hydrogen-bond donors (Lipinski definition) is 1. The Balaban J connectivity index is 2.72. The van der Waals surface area contributed by atoms with Gasteiger partial charge in [-0.1, -0.05) is 0 Å². The van der Waals surface area contributed by atoms with E-state index in [0.717, 1.165) is 10.9 Å². The number of aromatic nitrogens is 2. The summed E-state index contributed by atoms with van der Waals surface area (Å²) in [5.74, 6) is -1.70. The van der Waals surface area contributed by atoms with Crippen molar-refractivity contribution in [3.63, 3.8) is 0 Å². The van der Waals surface area contributed by atoms with Crippen LogP contribution in [0.3, 0.4) is 0 Å². The lowest BCUT2D eigenvalue weighted by atomic mass is 10.4. The molecule has 0 aliphatic rings. The number of nitrogens with zero attached hydrogens (tertiary/aromatic N) is 3. The van der Waals surface area contributed by atoms with Gasteiger partial charge in [0.2, 0.25) is 0 Å². The summed E-state index contributed by atoms with van der Waals surface area (Å²) in [6.07, 6.45) is -5.14. The first-order valence-corrected chi connectivity index (χ1v) is 5.32. The van der Waals surface area contributed by atoms with Gasteiger partial charge < -0.3 is 9.84 Å². The van der Waals surface area contributed by atoms with Crippen molar-refractivity contribution in [1.82, 2.24) is 9.78 Å². The predicted molar refractivity (Wildman–Crippen MR) is 57.3 cm³/mol. The van der Waals surface area contributed by atoms with E-state index < -0.39 is 41.7 Å². The number of ether oxygens (including phenoxy) is 1. The molecular weight excluding hydrogens is 287 g/mol. The van der Waals surface area contributed by atoms with Crippen molar-refractivity contribution in [2.24, 2.45) is 0 Å². The number of alkyl halides is 3. The molecule has 1 N–H and O–H groups in total. The second-order valence-electron chi connectivity index (χ2n) is 3.70. The molecule has 0 unspecified atom stereocenters. The highest BCUT2D eigenvalue weighted by atomic mass is 19.4. The average molecular weight is 297 g/mol. The van der Waals surface area contributed by atoms with E-state index >= 15 is 0 Å². The van der Waals surface area contributed by atoms with Crippen LogP contribution in [0.5, 0.6) is 5.88 Å². The Morgan fingerprint density at radius 3 is 2.70 bits per heavy atom. The SMILES string of the molecule is O=C(O)CCn1cc([N+](=O)[O-])c(OCCC(F)(F)F)n1. The number of aliphatic carboxylic acids is 1. The van der Waals surface area contributed by atoms with Gasteiger partial charge in [-0.25, -0.2) is 0 Å². The zero-order valence-corrected chi connectivity index (χ0v) is 9.96. The van der Waals surface area contributed by atoms with Gasteiger partial charge in [-0.3, -0.25) is 19.6 Å². The van der Waals surface area contributed by atoms with E-state index in [1.165, 1.54) is 0 Å². The summed E-state index contributed by atoms with van der Waals surface area (Å²) in [5, 5.41) is 22.7. The molecule has 0 atom stereocenters. The van der Waals surface area contributed by atoms with E-state index in [-0.39, 0.29) is 13.0 Å². The van der Waals surface area contributed by atoms with E-state index in [1.807, 2.05) is 0 Å². The zero-order chi connectivity index (χ0) is 15.3. The van der Waals surface area contributed by atoms with Crippen LogP contribution in [0.25, 0.3) is 0 Å². The van der Waals surface area contributed by atoms with Gasteiger partial charge in [0.15, 0.2) is 0 Å². The molecule has 1 aromatic rings. The van der Waals surface area contributed by atoms with Gasteiger partial charge in [0.25, 0.3) is 0 Å². The molecule has 0 radical (unpaired) electrons. The molecule has 20 heavy (non-hydrogen) atoms. The Hall–Kier alpha value is -2.33. The van der Waals surface area contributed by atoms with Gasteiger partial charge in [-0.05, 0) is 0 Å². The van der Waals surface area contributed by atoms with Crippen LogP contribution < -0.4 is 4.74 Å². The average Bonchev–Trinajstić information content (AvgIpc) is 2.68. The maximum absolute atomic E-state index is 11.9. The van der Waals surface area contributed by atoms with Crippen molar-refractivity contribution in [2.75, 3.05) is 6.61 Å². The maximum atomic E-state index is 11.9. The number of rotatable bonds is 7. The molecular formula is C9H10F3N3O5. The minimum absolute atomic E-state index is 0.154. The van der Waals surface area contributed by atoms with E-state index in [9.17, 15) is 28.1 Å². The Morgan fingerprint density at radius 1 is 1.55 bits per heavy atom. The van der Waals surface area contributed by atoms with E-state index in [2.05, 4.69) is 9.84 Å². The van der Waals surface area contributed by atoms with Crippen LogP contribution in [0.2, 0.25) is 0 Å². The second-order valence-corrected chi connectivity index (χ2v) is 3.70. The molecule has 0 saturated carbocycles. The van der Waals surface area contributed by atoms with Crippen molar-refractivity contribution in [1.29, 1.82) is 0 Å². The number of carboxylic acid groups (broad SMARTS) is 1. The lowest BCUT2D eigenvalue weighted by Gasteiger charge is -2.05. The predicted octanol–water partition coefficient (Wildman–Crippen LogP) is 1.60. The molecule has 1 heterocycles. The molecule has 0 bridgehead atoms. The Labute approximate surface area is 109 Å². The summed E-state index contributed by atoms with van der Waals surface area (Å²) in [7, 11) is 0. The summed E-state index contributed by atoms with van der Waals surface area (Å²) in [6, 6.07) is 0. The fraction of sp³-hybridized carbons (Fsp3) is 0.556. The van der Waals surface area contributed by atoms with Crippen molar-refractivity contribution < 1.29 is 32.7 Å². The van der Waals surface area contributed by atoms with Gasteiger partial charge in [-0.2, -0.15) is 13.2 Å². The van der Waals surface area contributed by atoms with Gasteiger partial charge >= 0.3 is 23.7 Å². The summed E-state index contributed by atoms with van der Waals surface area (Å²) in [4.78, 5) is 20.1. The van der Waals surface area contributed by atoms with Gasteiger partial charge in [0.1, 0.15) is 6.20 Å². The second kappa shape index (κ2) is 6.21. The quantitative estimate of drug-likeness (QED) is 0.605. The zero-order valence-electron chi connectivity index (χ0n) is 9.96. The van der Waals surface area contributed by atoms with Crippen LogP contribution >= 0.6 is 0 Å². The van der Waals surface area contributed by atoms with E-state index in [0.29, 0.717) is 0 Å². The summed E-state index contributed by atoms with van der Waals surface area (Å²) in [6.45, 7) is -0.959. The van der Waals surface area contributed by atoms with Crippen LogP contribution in [0, 0.1) is 10.1 Å². The number of carbonyl (C=O) groups is 1. The van der Waals surface area contributed by atoms with Crippen molar-refractivity contribution >= 4 is 11.7 Å². The normalized spacial score (nSPS) is 11.3. The molecule has 0 aliphatic heterocycles. The van der Waals surface area contributed by atoms with Gasteiger partial charge in [0.05, 0.1) is 30.9 Å². The van der Waals surface area contributed by atoms with Crippen LogP contribution in [0.15, 0.2) is 6.20 Å². The van der Waals surface area contributed by atoms with Crippen molar-refractivity contribution in [3.05, 3.63) is 16.3 Å². The van der Waals surface area contributed by atoms with Gasteiger partial charge in [0, 0.05) is 0 Å². The molecule has 0 amide bonds. The Bertz CT molecular complexity index is 500. The highest BCUT2D eigenvalue weighted by molar-refractivity contribution is 5.66. The Kier molecular flexibility index (Phi) is 4.88. The summed E-state index contributed by atoms with van der Waals surface area (Å²) < 4.78 is 41.3. The number of halogens is 3. The molecule has 0 fully saturated rings. The molecule has 0 aromatic carbocycles. The monoisotopic (exact) mass is 297 g/mol. The summed E-state index contributed by atoms with van der Waals surface area (Å²) in [5.41, 5.74) is -0.613. The first kappa shape index (κ1) is 15.7. The molecule has 8 nitrogen and oxygen atoms in total. The minimum Gasteiger partial charge on any atom is -0.481 e. The molecule has 0 spiro atoms. The molecule has 1 aromatic heterocycles. The highest BCUT2D eigenvalue weighted by Crippen LogP contribution is 2.26. The molecule has 11 heteroatoms. The molecule has 0 saturated heterocycles. The maximum Gasteiger partial charge on any atom is 0.392 e. The molecule has 112 valence electrons. The fourth-order valence-electron chi connectivity index (χ4n) is 1.21. The first-order valence-electron chi connectivity index (χ1n) is 5.32. The fourth-order valence-corrected chi connectivity index (χ4v) is 1.21. The Morgan fingerprint density at radius 2 is 2.20 bits per heavy atom. The lowest BCUT2D eigenvalue weighted by molar-refractivity contribution is -0.386. The number of aryl methyl sites for hydroxylation is 1. The van der Waals surface area contributed by atoms with Crippen molar-refractivity contribution in [3.8, 4) is 5.88 Å². The third-order valence-corrected chi connectivity index (χ3v) is 2.09. The number of carboxylic acids is 1. The lowest BCUT2D eigenvalue weighted by Crippen LogP contribution is -2.13. The topological polar surface area (TPSA) is 107 Å². The third-order valence-electron chi connectivity index (χ3n) is 2.09. The smallest absolute Gasteiger partial charge is 0.392 e. The standard InChI is InChI=1S/C9H10F3N3O5/c10-9(11,12)2-4-20-8-6(15(18)19)5-14(13-8)3-1-7(16)17/h5H,1-4H2,(H,16,17). The van der Waals surface area contributed by atoms with Crippen LogP contribution in [0.4, 0.5) is 18.9 Å². The van der Waals surface area contributed by atoms with Crippen LogP contribution in [-0.4, -0.2) is 38.6 Å². The largest absolute Gasteiger partial charge is 0.481 e. The molecule has 0 aliphatic carbocycles.